The van der Waals surface area contributed by atoms with Gasteiger partial charge in [-0.25, -0.2) is 9.67 Å². The molecule has 0 atom stereocenters. The van der Waals surface area contributed by atoms with Gasteiger partial charge in [-0.2, -0.15) is 18.3 Å². The Labute approximate surface area is 118 Å². The summed E-state index contributed by atoms with van der Waals surface area (Å²) in [5, 5.41) is 4.39. The van der Waals surface area contributed by atoms with Gasteiger partial charge >= 0.3 is 6.18 Å². The highest BCUT2D eigenvalue weighted by molar-refractivity contribution is 5.92. The van der Waals surface area contributed by atoms with Gasteiger partial charge in [0.2, 0.25) is 0 Å². The maximum atomic E-state index is 12.5. The Kier molecular flexibility index (Phi) is 3.12. The summed E-state index contributed by atoms with van der Waals surface area (Å²) in [7, 11) is 0. The molecule has 3 heterocycles. The van der Waals surface area contributed by atoms with Crippen LogP contribution in [0.25, 0.3) is 22.2 Å². The average molecular weight is 292 g/mol. The Balaban J connectivity index is 2.17. The number of rotatable bonds is 2. The van der Waals surface area contributed by atoms with Gasteiger partial charge in [-0.3, -0.25) is 4.98 Å². The minimum Gasteiger partial charge on any atom is -0.264 e. The van der Waals surface area contributed by atoms with Crippen molar-refractivity contribution >= 4 is 11.0 Å². The Hall–Kier alpha value is -2.44. The van der Waals surface area contributed by atoms with Crippen molar-refractivity contribution in [1.82, 2.24) is 19.7 Å². The molecule has 0 aliphatic carbocycles. The van der Waals surface area contributed by atoms with Gasteiger partial charge in [0.05, 0.1) is 6.20 Å². The summed E-state index contributed by atoms with van der Waals surface area (Å²) in [6.45, 7) is 0.766. The number of hydrogen-bond donors (Lipinski definition) is 0. The number of halogens is 3. The van der Waals surface area contributed by atoms with Crippen molar-refractivity contribution < 1.29 is 13.2 Å². The van der Waals surface area contributed by atoms with Gasteiger partial charge in [0.25, 0.3) is 0 Å². The van der Waals surface area contributed by atoms with Crippen molar-refractivity contribution in [2.24, 2.45) is 0 Å². The van der Waals surface area contributed by atoms with E-state index in [2.05, 4.69) is 15.1 Å². The largest absolute Gasteiger partial charge is 0.408 e. The topological polar surface area (TPSA) is 43.6 Å². The molecule has 7 heteroatoms. The first-order valence-corrected chi connectivity index (χ1v) is 6.24. The highest BCUT2D eigenvalue weighted by atomic mass is 19.4. The number of hydrogen-bond acceptors (Lipinski definition) is 3. The van der Waals surface area contributed by atoms with Crippen molar-refractivity contribution in [1.29, 1.82) is 0 Å². The summed E-state index contributed by atoms with van der Waals surface area (Å²) >= 11 is 0. The molecule has 0 fully saturated rings. The predicted octanol–water partition coefficient (Wildman–Crippen LogP) is 3.36. The smallest absolute Gasteiger partial charge is 0.264 e. The van der Waals surface area contributed by atoms with Crippen LogP contribution in [0.4, 0.5) is 13.2 Å². The van der Waals surface area contributed by atoms with Gasteiger partial charge in [0, 0.05) is 29.5 Å². The lowest BCUT2D eigenvalue weighted by Crippen LogP contribution is -2.18. The van der Waals surface area contributed by atoms with E-state index < -0.39 is 12.7 Å². The van der Waals surface area contributed by atoms with Gasteiger partial charge in [-0.1, -0.05) is 0 Å². The first kappa shape index (κ1) is 13.5. The fraction of sp³-hybridized carbons (Fsp3) is 0.214. The Morgan fingerprint density at radius 3 is 2.62 bits per heavy atom. The second-order valence-electron chi connectivity index (χ2n) is 4.70. The van der Waals surface area contributed by atoms with Crippen LogP contribution < -0.4 is 0 Å². The maximum Gasteiger partial charge on any atom is 0.408 e. The molecule has 0 N–H and O–H groups in total. The molecule has 0 spiro atoms. The van der Waals surface area contributed by atoms with Crippen molar-refractivity contribution in [3.8, 4) is 11.1 Å². The summed E-state index contributed by atoms with van der Waals surface area (Å²) < 4.78 is 38.5. The van der Waals surface area contributed by atoms with E-state index in [-0.39, 0.29) is 5.65 Å². The lowest BCUT2D eigenvalue weighted by atomic mass is 10.0. The van der Waals surface area contributed by atoms with Crippen LogP contribution in [-0.4, -0.2) is 25.9 Å². The fourth-order valence-electron chi connectivity index (χ4n) is 2.24. The molecule has 0 bridgehead atoms. The van der Waals surface area contributed by atoms with Gasteiger partial charge in [-0.15, -0.1) is 0 Å². The summed E-state index contributed by atoms with van der Waals surface area (Å²) in [5.41, 5.74) is 2.84. The van der Waals surface area contributed by atoms with E-state index in [9.17, 15) is 13.2 Å². The first-order chi connectivity index (χ1) is 9.96. The summed E-state index contributed by atoms with van der Waals surface area (Å²) in [6, 6.07) is 3.60. The van der Waals surface area contributed by atoms with Crippen LogP contribution >= 0.6 is 0 Å². The molecular weight excluding hydrogens is 281 g/mol. The van der Waals surface area contributed by atoms with Gasteiger partial charge < -0.3 is 0 Å². The van der Waals surface area contributed by atoms with Crippen LogP contribution in [0.2, 0.25) is 0 Å². The number of fused-ring (bicyclic) bond motifs is 1. The molecule has 21 heavy (non-hydrogen) atoms. The molecule has 3 rings (SSSR count). The molecule has 3 aromatic heterocycles. The van der Waals surface area contributed by atoms with Gasteiger partial charge in [0.1, 0.15) is 6.54 Å². The lowest BCUT2D eigenvalue weighted by molar-refractivity contribution is -0.141. The average Bonchev–Trinajstić information content (AvgIpc) is 2.81. The van der Waals surface area contributed by atoms with E-state index >= 15 is 0 Å². The summed E-state index contributed by atoms with van der Waals surface area (Å²) in [6.07, 6.45) is 1.92. The van der Waals surface area contributed by atoms with E-state index in [4.69, 9.17) is 0 Å². The predicted molar refractivity (Wildman–Crippen MR) is 71.6 cm³/mol. The van der Waals surface area contributed by atoms with Crippen LogP contribution in [0.5, 0.6) is 0 Å². The standard InChI is InChI=1S/C14H11F3N4/c1-9-2-4-18-6-11(9)10-3-5-19-13-12(10)7-20-21(13)8-14(15,16)17/h2-7H,8H2,1H3. The minimum absolute atomic E-state index is 0.216. The minimum atomic E-state index is -4.33. The van der Waals surface area contributed by atoms with E-state index in [1.807, 2.05) is 13.0 Å². The Morgan fingerprint density at radius 2 is 1.90 bits per heavy atom. The third-order valence-corrected chi connectivity index (χ3v) is 3.20. The number of aryl methyl sites for hydroxylation is 1. The second-order valence-corrected chi connectivity index (χ2v) is 4.70. The van der Waals surface area contributed by atoms with Crippen LogP contribution in [0.1, 0.15) is 5.56 Å². The number of pyridine rings is 2. The summed E-state index contributed by atoms with van der Waals surface area (Å²) in [5.74, 6) is 0. The number of nitrogens with zero attached hydrogens (tertiary/aromatic N) is 4. The highest BCUT2D eigenvalue weighted by Crippen LogP contribution is 2.30. The lowest BCUT2D eigenvalue weighted by Gasteiger charge is -2.08. The molecule has 3 aromatic rings. The third kappa shape index (κ3) is 2.58. The van der Waals surface area contributed by atoms with E-state index in [0.29, 0.717) is 5.39 Å². The quantitative estimate of drug-likeness (QED) is 0.727. The van der Waals surface area contributed by atoms with Crippen LogP contribution in [0, 0.1) is 6.92 Å². The molecule has 0 saturated heterocycles. The molecule has 0 aliphatic rings. The van der Waals surface area contributed by atoms with Crippen molar-refractivity contribution in [3.63, 3.8) is 0 Å². The van der Waals surface area contributed by atoms with Crippen molar-refractivity contribution in [2.75, 3.05) is 0 Å². The molecule has 0 aliphatic heterocycles. The molecule has 0 aromatic carbocycles. The maximum absolute atomic E-state index is 12.5. The SMILES string of the molecule is Cc1ccncc1-c1ccnc2c1cnn2CC(F)(F)F. The van der Waals surface area contributed by atoms with Crippen LogP contribution in [-0.2, 0) is 6.54 Å². The zero-order valence-electron chi connectivity index (χ0n) is 11.1. The Morgan fingerprint density at radius 1 is 1.10 bits per heavy atom. The van der Waals surface area contributed by atoms with Gasteiger partial charge in [-0.05, 0) is 30.2 Å². The monoisotopic (exact) mass is 292 g/mol. The van der Waals surface area contributed by atoms with Gasteiger partial charge in [0.15, 0.2) is 5.65 Å². The molecule has 0 radical (unpaired) electrons. The number of aromatic nitrogens is 4. The van der Waals surface area contributed by atoms with Crippen molar-refractivity contribution in [2.45, 2.75) is 19.6 Å². The van der Waals surface area contributed by atoms with E-state index in [1.165, 1.54) is 12.4 Å². The molecule has 0 unspecified atom stereocenters. The first-order valence-electron chi connectivity index (χ1n) is 6.24. The zero-order valence-corrected chi connectivity index (χ0v) is 11.1. The Bertz CT molecular complexity index is 792. The normalized spacial score (nSPS) is 12.0. The van der Waals surface area contributed by atoms with E-state index in [1.54, 1.807) is 18.5 Å². The second kappa shape index (κ2) is 4.83. The van der Waals surface area contributed by atoms with E-state index in [0.717, 1.165) is 21.4 Å². The molecular formula is C14H11F3N4. The molecule has 0 saturated carbocycles. The molecule has 0 amide bonds. The van der Waals surface area contributed by atoms with Crippen molar-refractivity contribution in [3.05, 3.63) is 42.5 Å². The van der Waals surface area contributed by atoms with Crippen LogP contribution in [0.15, 0.2) is 36.9 Å². The third-order valence-electron chi connectivity index (χ3n) is 3.20. The number of alkyl halides is 3. The highest BCUT2D eigenvalue weighted by Gasteiger charge is 2.29. The fourth-order valence-corrected chi connectivity index (χ4v) is 2.24. The van der Waals surface area contributed by atoms with Crippen LogP contribution in [0.3, 0.4) is 0 Å². The summed E-state index contributed by atoms with van der Waals surface area (Å²) in [4.78, 5) is 8.09. The molecule has 108 valence electrons. The zero-order chi connectivity index (χ0) is 15.0. The molecule has 4 nitrogen and oxygen atoms in total.